The number of hydrogen-bond donors (Lipinski definition) is 1. The molecule has 27 heavy (non-hydrogen) atoms. The quantitative estimate of drug-likeness (QED) is 0.636. The average molecular weight is 363 g/mol. The summed E-state index contributed by atoms with van der Waals surface area (Å²) >= 11 is 0. The van der Waals surface area contributed by atoms with Crippen molar-refractivity contribution >= 4 is 5.91 Å². The molecular weight excluding hydrogens is 338 g/mol. The Balaban J connectivity index is 1.50. The van der Waals surface area contributed by atoms with E-state index in [0.29, 0.717) is 36.9 Å². The Kier molecular flexibility index (Phi) is 6.36. The first-order valence-electron chi connectivity index (χ1n) is 9.36. The normalized spacial score (nSPS) is 12.1. The van der Waals surface area contributed by atoms with E-state index in [2.05, 4.69) is 41.4 Å². The standard InChI is InChI=1S/C22H25N3O2/c1-16(2)21(17-10-5-3-6-11-17)23-19(26)14-9-15-20-24-22(25-27-20)18-12-7-4-8-13-18/h3-8,10-13,16,21H,9,14-15H2,1-2H3,(H,23,26). The minimum atomic E-state index is 0.0202. The maximum atomic E-state index is 12.4. The number of aromatic nitrogens is 2. The molecule has 3 aromatic rings. The molecule has 1 unspecified atom stereocenters. The van der Waals surface area contributed by atoms with Gasteiger partial charge >= 0.3 is 0 Å². The molecule has 5 heteroatoms. The van der Waals surface area contributed by atoms with Crippen LogP contribution in [0.1, 0.15) is 44.2 Å². The van der Waals surface area contributed by atoms with E-state index < -0.39 is 0 Å². The second kappa shape index (κ2) is 9.12. The summed E-state index contributed by atoms with van der Waals surface area (Å²) in [6, 6.07) is 19.8. The second-order valence-electron chi connectivity index (χ2n) is 6.93. The largest absolute Gasteiger partial charge is 0.349 e. The minimum Gasteiger partial charge on any atom is -0.349 e. The van der Waals surface area contributed by atoms with Gasteiger partial charge in [0.2, 0.25) is 17.6 Å². The summed E-state index contributed by atoms with van der Waals surface area (Å²) in [5, 5.41) is 7.15. The molecule has 0 aliphatic heterocycles. The summed E-state index contributed by atoms with van der Waals surface area (Å²) in [4.78, 5) is 16.8. The molecule has 5 nitrogen and oxygen atoms in total. The van der Waals surface area contributed by atoms with Crippen molar-refractivity contribution in [3.63, 3.8) is 0 Å². The van der Waals surface area contributed by atoms with Crippen molar-refractivity contribution in [1.29, 1.82) is 0 Å². The summed E-state index contributed by atoms with van der Waals surface area (Å²) < 4.78 is 5.30. The van der Waals surface area contributed by atoms with Gasteiger partial charge < -0.3 is 9.84 Å². The fraction of sp³-hybridized carbons (Fsp3) is 0.318. The molecule has 0 aliphatic rings. The van der Waals surface area contributed by atoms with Crippen molar-refractivity contribution in [2.75, 3.05) is 0 Å². The van der Waals surface area contributed by atoms with Gasteiger partial charge in [-0.1, -0.05) is 79.7 Å². The van der Waals surface area contributed by atoms with Crippen LogP contribution in [0.3, 0.4) is 0 Å². The lowest BCUT2D eigenvalue weighted by Gasteiger charge is -2.23. The predicted octanol–water partition coefficient (Wildman–Crippen LogP) is 4.57. The first-order valence-corrected chi connectivity index (χ1v) is 9.36. The van der Waals surface area contributed by atoms with Crippen molar-refractivity contribution in [1.82, 2.24) is 15.5 Å². The summed E-state index contributed by atoms with van der Waals surface area (Å²) in [6.07, 6.45) is 1.69. The Morgan fingerprint density at radius 3 is 2.37 bits per heavy atom. The van der Waals surface area contributed by atoms with Crippen LogP contribution in [0, 0.1) is 5.92 Å². The maximum Gasteiger partial charge on any atom is 0.226 e. The molecule has 1 heterocycles. The van der Waals surface area contributed by atoms with Crippen LogP contribution >= 0.6 is 0 Å². The van der Waals surface area contributed by atoms with Crippen LogP contribution in [0.15, 0.2) is 65.2 Å². The van der Waals surface area contributed by atoms with Gasteiger partial charge in [0, 0.05) is 18.4 Å². The third-order valence-corrected chi connectivity index (χ3v) is 4.44. The first-order chi connectivity index (χ1) is 13.1. The molecule has 1 aromatic heterocycles. The van der Waals surface area contributed by atoms with Gasteiger partial charge in [0.05, 0.1) is 6.04 Å². The number of aryl methyl sites for hydroxylation is 1. The van der Waals surface area contributed by atoms with Crippen molar-refractivity contribution in [2.45, 2.75) is 39.2 Å². The second-order valence-corrected chi connectivity index (χ2v) is 6.93. The first kappa shape index (κ1) is 18.8. The molecule has 0 aliphatic carbocycles. The van der Waals surface area contributed by atoms with E-state index in [0.717, 1.165) is 11.1 Å². The van der Waals surface area contributed by atoms with E-state index in [1.807, 2.05) is 48.5 Å². The zero-order valence-electron chi connectivity index (χ0n) is 15.8. The average Bonchev–Trinajstić information content (AvgIpc) is 3.16. The molecule has 1 N–H and O–H groups in total. The van der Waals surface area contributed by atoms with Crippen LogP contribution in [0.2, 0.25) is 0 Å². The Hall–Kier alpha value is -2.95. The highest BCUT2D eigenvalue weighted by atomic mass is 16.5. The molecule has 2 aromatic carbocycles. The molecule has 0 fully saturated rings. The molecule has 0 spiro atoms. The van der Waals surface area contributed by atoms with Crippen LogP contribution in [0.25, 0.3) is 11.4 Å². The summed E-state index contributed by atoms with van der Waals surface area (Å²) in [7, 11) is 0. The zero-order valence-corrected chi connectivity index (χ0v) is 15.8. The molecule has 0 saturated heterocycles. The summed E-state index contributed by atoms with van der Waals surface area (Å²) in [5.74, 6) is 1.50. The number of nitrogens with zero attached hydrogens (tertiary/aromatic N) is 2. The third kappa shape index (κ3) is 5.26. The van der Waals surface area contributed by atoms with Crippen LogP contribution < -0.4 is 5.32 Å². The number of carbonyl (C=O) groups is 1. The van der Waals surface area contributed by atoms with Gasteiger partial charge in [0.1, 0.15) is 0 Å². The van der Waals surface area contributed by atoms with Gasteiger partial charge in [0.15, 0.2) is 0 Å². The molecule has 0 bridgehead atoms. The highest BCUT2D eigenvalue weighted by Crippen LogP contribution is 2.21. The van der Waals surface area contributed by atoms with Gasteiger partial charge in [-0.2, -0.15) is 4.98 Å². The van der Waals surface area contributed by atoms with Crippen molar-refractivity contribution < 1.29 is 9.32 Å². The van der Waals surface area contributed by atoms with Gasteiger partial charge in [0.25, 0.3) is 0 Å². The van der Waals surface area contributed by atoms with Crippen molar-refractivity contribution in [3.8, 4) is 11.4 Å². The fourth-order valence-electron chi connectivity index (χ4n) is 3.00. The Bertz CT molecular complexity index is 844. The van der Waals surface area contributed by atoms with Crippen LogP contribution in [-0.2, 0) is 11.2 Å². The fourth-order valence-corrected chi connectivity index (χ4v) is 3.00. The van der Waals surface area contributed by atoms with E-state index in [9.17, 15) is 4.79 Å². The predicted molar refractivity (Wildman–Crippen MR) is 105 cm³/mol. The monoisotopic (exact) mass is 363 g/mol. The third-order valence-electron chi connectivity index (χ3n) is 4.44. The maximum absolute atomic E-state index is 12.4. The number of carbonyl (C=O) groups excluding carboxylic acids is 1. The smallest absolute Gasteiger partial charge is 0.226 e. The van der Waals surface area contributed by atoms with Gasteiger partial charge in [-0.25, -0.2) is 0 Å². The van der Waals surface area contributed by atoms with E-state index in [1.54, 1.807) is 0 Å². The van der Waals surface area contributed by atoms with E-state index >= 15 is 0 Å². The number of amides is 1. The lowest BCUT2D eigenvalue weighted by molar-refractivity contribution is -0.122. The number of benzene rings is 2. The molecule has 140 valence electrons. The molecule has 0 saturated carbocycles. The van der Waals surface area contributed by atoms with Crippen molar-refractivity contribution in [3.05, 3.63) is 72.1 Å². The number of hydrogen-bond acceptors (Lipinski definition) is 4. The van der Waals surface area contributed by atoms with Crippen LogP contribution in [0.5, 0.6) is 0 Å². The number of nitrogens with one attached hydrogen (secondary N) is 1. The molecular formula is C22H25N3O2. The number of rotatable bonds is 8. The highest BCUT2D eigenvalue weighted by molar-refractivity contribution is 5.76. The molecule has 3 rings (SSSR count). The van der Waals surface area contributed by atoms with E-state index in [1.165, 1.54) is 0 Å². The lowest BCUT2D eigenvalue weighted by Crippen LogP contribution is -2.31. The van der Waals surface area contributed by atoms with Crippen LogP contribution in [-0.4, -0.2) is 16.0 Å². The highest BCUT2D eigenvalue weighted by Gasteiger charge is 2.18. The summed E-state index contributed by atoms with van der Waals surface area (Å²) in [6.45, 7) is 4.23. The molecule has 1 amide bonds. The van der Waals surface area contributed by atoms with Crippen molar-refractivity contribution in [2.24, 2.45) is 5.92 Å². The molecule has 0 radical (unpaired) electrons. The minimum absolute atomic E-state index is 0.0202. The van der Waals surface area contributed by atoms with E-state index in [4.69, 9.17) is 4.52 Å². The lowest BCUT2D eigenvalue weighted by atomic mass is 9.96. The van der Waals surface area contributed by atoms with Gasteiger partial charge in [-0.3, -0.25) is 4.79 Å². The topological polar surface area (TPSA) is 68.0 Å². The summed E-state index contributed by atoms with van der Waals surface area (Å²) in [5.41, 5.74) is 2.05. The van der Waals surface area contributed by atoms with Crippen LogP contribution in [0.4, 0.5) is 0 Å². The van der Waals surface area contributed by atoms with E-state index in [-0.39, 0.29) is 11.9 Å². The Morgan fingerprint density at radius 2 is 1.70 bits per heavy atom. The SMILES string of the molecule is CC(C)C(NC(=O)CCCc1nc(-c2ccccc2)no1)c1ccccc1. The van der Waals surface area contributed by atoms with Gasteiger partial charge in [-0.05, 0) is 17.9 Å². The Morgan fingerprint density at radius 1 is 1.04 bits per heavy atom. The molecule has 1 atom stereocenters. The van der Waals surface area contributed by atoms with Gasteiger partial charge in [-0.15, -0.1) is 0 Å². The Labute approximate surface area is 159 Å². The zero-order chi connectivity index (χ0) is 19.1.